The third-order valence-electron chi connectivity index (χ3n) is 7.18. The Morgan fingerprint density at radius 2 is 1.65 bits per heavy atom. The summed E-state index contributed by atoms with van der Waals surface area (Å²) >= 11 is 6.43. The fourth-order valence-electron chi connectivity index (χ4n) is 4.62. The summed E-state index contributed by atoms with van der Waals surface area (Å²) in [7, 11) is -4.38. The number of ether oxygens (including phenoxy) is 2. The second-order valence-electron chi connectivity index (χ2n) is 10.1. The van der Waals surface area contributed by atoms with Gasteiger partial charge in [0.05, 0.1) is 10.6 Å². The van der Waals surface area contributed by atoms with Gasteiger partial charge in [-0.25, -0.2) is 12.8 Å². The molecule has 3 aromatic rings. The summed E-state index contributed by atoms with van der Waals surface area (Å²) in [4.78, 5) is 28.7. The molecule has 0 saturated heterocycles. The highest BCUT2D eigenvalue weighted by Crippen LogP contribution is 2.34. The Morgan fingerprint density at radius 3 is 2.30 bits per heavy atom. The summed E-state index contributed by atoms with van der Waals surface area (Å²) in [6.45, 7) is 5.46. The lowest BCUT2D eigenvalue weighted by molar-refractivity contribution is -0.140. The number of nitrogens with zero attached hydrogens (tertiary/aromatic N) is 2. The molecule has 3 aromatic carbocycles. The number of carbonyl (C=O) groups excluding carboxylic acids is 2. The zero-order chi connectivity index (χ0) is 31.1. The minimum absolute atomic E-state index is 0.0354. The number of rotatable bonds is 12. The van der Waals surface area contributed by atoms with Gasteiger partial charge in [-0.1, -0.05) is 43.6 Å². The normalized spacial score (nSPS) is 14.0. The number of anilines is 1. The smallest absolute Gasteiger partial charge is 0.264 e. The average molecular weight is 632 g/mol. The van der Waals surface area contributed by atoms with Crippen molar-refractivity contribution in [2.24, 2.45) is 0 Å². The van der Waals surface area contributed by atoms with E-state index >= 15 is 0 Å². The molecular formula is C31H35ClFN3O6S. The van der Waals surface area contributed by atoms with E-state index in [1.54, 1.807) is 31.2 Å². The summed E-state index contributed by atoms with van der Waals surface area (Å²) in [5.74, 6) is -0.916. The lowest BCUT2D eigenvalue weighted by atomic mass is 10.1. The molecule has 9 nitrogen and oxygen atoms in total. The van der Waals surface area contributed by atoms with Gasteiger partial charge in [-0.15, -0.1) is 0 Å². The second kappa shape index (κ2) is 14.1. The summed E-state index contributed by atoms with van der Waals surface area (Å²) in [5.41, 5.74) is 0.662. The average Bonchev–Trinajstić information content (AvgIpc) is 3.00. The Kier molecular flexibility index (Phi) is 10.5. The molecule has 1 N–H and O–H groups in total. The van der Waals surface area contributed by atoms with Crippen molar-refractivity contribution < 1.29 is 31.9 Å². The van der Waals surface area contributed by atoms with E-state index in [1.165, 1.54) is 35.2 Å². The molecule has 0 unspecified atom stereocenters. The molecule has 0 fully saturated rings. The highest BCUT2D eigenvalue weighted by molar-refractivity contribution is 7.92. The van der Waals surface area contributed by atoms with Crippen LogP contribution < -0.4 is 19.1 Å². The first kappa shape index (κ1) is 32.1. The molecule has 230 valence electrons. The van der Waals surface area contributed by atoms with Gasteiger partial charge in [-0.2, -0.15) is 0 Å². The van der Waals surface area contributed by atoms with E-state index in [4.69, 9.17) is 21.1 Å². The third kappa shape index (κ3) is 7.58. The number of amides is 2. The van der Waals surface area contributed by atoms with Gasteiger partial charge >= 0.3 is 0 Å². The fraction of sp³-hybridized carbons (Fsp3) is 0.355. The summed E-state index contributed by atoms with van der Waals surface area (Å²) in [6, 6.07) is 14.9. The van der Waals surface area contributed by atoms with Crippen LogP contribution >= 0.6 is 11.6 Å². The molecule has 4 rings (SSSR count). The van der Waals surface area contributed by atoms with Crippen molar-refractivity contribution in [3.63, 3.8) is 0 Å². The van der Waals surface area contributed by atoms with E-state index in [0.717, 1.165) is 16.4 Å². The molecule has 0 saturated carbocycles. The summed E-state index contributed by atoms with van der Waals surface area (Å²) in [5, 5.41) is 3.33. The Bertz CT molecular complexity index is 1550. The van der Waals surface area contributed by atoms with Crippen molar-refractivity contribution in [2.75, 3.05) is 24.1 Å². The van der Waals surface area contributed by atoms with E-state index in [9.17, 15) is 22.4 Å². The summed E-state index contributed by atoms with van der Waals surface area (Å²) < 4.78 is 54.1. The SMILES string of the molecule is CC[C@H](C)NC(=O)[C@H](CC)N(Cc1ccccc1Cl)C(=O)CN(c1ccc(F)cc1)S(=O)(=O)c1ccc2c(c1)OCCO2. The minimum Gasteiger partial charge on any atom is -0.486 e. The Hall–Kier alpha value is -3.83. The second-order valence-corrected chi connectivity index (χ2v) is 12.4. The molecule has 0 aromatic heterocycles. The molecular weight excluding hydrogens is 597 g/mol. The quantitative estimate of drug-likeness (QED) is 0.296. The van der Waals surface area contributed by atoms with Crippen molar-refractivity contribution in [3.05, 3.63) is 83.1 Å². The first-order valence-electron chi connectivity index (χ1n) is 14.1. The Labute approximate surface area is 256 Å². The fourth-order valence-corrected chi connectivity index (χ4v) is 6.24. The van der Waals surface area contributed by atoms with Gasteiger partial charge in [0.15, 0.2) is 11.5 Å². The van der Waals surface area contributed by atoms with Crippen molar-refractivity contribution in [1.29, 1.82) is 0 Å². The molecule has 1 aliphatic heterocycles. The van der Waals surface area contributed by atoms with Crippen LogP contribution in [0, 0.1) is 5.82 Å². The van der Waals surface area contributed by atoms with Crippen LogP contribution in [-0.4, -0.2) is 57.0 Å². The molecule has 1 heterocycles. The van der Waals surface area contributed by atoms with E-state index in [-0.39, 0.29) is 47.9 Å². The monoisotopic (exact) mass is 631 g/mol. The number of halogens is 2. The van der Waals surface area contributed by atoms with Gasteiger partial charge in [0, 0.05) is 23.7 Å². The van der Waals surface area contributed by atoms with Gasteiger partial charge in [0.25, 0.3) is 10.0 Å². The lowest BCUT2D eigenvalue weighted by Gasteiger charge is -2.34. The van der Waals surface area contributed by atoms with Gasteiger partial charge in [-0.05, 0) is 67.8 Å². The van der Waals surface area contributed by atoms with Crippen molar-refractivity contribution >= 4 is 39.1 Å². The van der Waals surface area contributed by atoms with Crippen molar-refractivity contribution in [3.8, 4) is 11.5 Å². The number of hydrogen-bond donors (Lipinski definition) is 1. The molecule has 1 aliphatic rings. The number of hydrogen-bond acceptors (Lipinski definition) is 6. The molecule has 2 atom stereocenters. The van der Waals surface area contributed by atoms with Crippen LogP contribution in [0.25, 0.3) is 0 Å². The highest BCUT2D eigenvalue weighted by Gasteiger charge is 2.34. The van der Waals surface area contributed by atoms with Crippen LogP contribution in [0.15, 0.2) is 71.6 Å². The first-order chi connectivity index (χ1) is 20.5. The molecule has 0 bridgehead atoms. The predicted molar refractivity (Wildman–Crippen MR) is 162 cm³/mol. The molecule has 12 heteroatoms. The molecule has 2 amide bonds. The van der Waals surface area contributed by atoms with E-state index in [2.05, 4.69) is 5.32 Å². The van der Waals surface area contributed by atoms with Crippen molar-refractivity contribution in [2.45, 2.75) is 57.1 Å². The molecule has 0 radical (unpaired) electrons. The van der Waals surface area contributed by atoms with E-state index in [0.29, 0.717) is 29.4 Å². The third-order valence-corrected chi connectivity index (χ3v) is 9.32. The van der Waals surface area contributed by atoms with Crippen LogP contribution in [0.4, 0.5) is 10.1 Å². The predicted octanol–water partition coefficient (Wildman–Crippen LogP) is 5.17. The number of carbonyl (C=O) groups is 2. The topological polar surface area (TPSA) is 105 Å². The Balaban J connectivity index is 1.75. The number of nitrogens with one attached hydrogen (secondary N) is 1. The number of benzene rings is 3. The number of fused-ring (bicyclic) bond motifs is 1. The van der Waals surface area contributed by atoms with Gasteiger partial charge in [0.2, 0.25) is 11.8 Å². The standard InChI is InChI=1S/C31H35ClFN3O6S/c1-4-21(3)34-31(38)27(5-2)35(19-22-8-6-7-9-26(22)32)30(37)20-36(24-12-10-23(33)11-13-24)43(39,40)25-14-15-28-29(18-25)42-17-16-41-28/h6-15,18,21,27H,4-5,16-17,19-20H2,1-3H3,(H,34,38)/t21-,27-/m0/s1. The largest absolute Gasteiger partial charge is 0.486 e. The zero-order valence-corrected chi connectivity index (χ0v) is 25.8. The van der Waals surface area contributed by atoms with Crippen LogP contribution in [0.3, 0.4) is 0 Å². The minimum atomic E-state index is -4.38. The number of sulfonamides is 1. The van der Waals surface area contributed by atoms with Gasteiger partial charge in [0.1, 0.15) is 31.6 Å². The molecule has 0 spiro atoms. The van der Waals surface area contributed by atoms with Crippen molar-refractivity contribution in [1.82, 2.24) is 10.2 Å². The summed E-state index contributed by atoms with van der Waals surface area (Å²) in [6.07, 6.45) is 0.955. The zero-order valence-electron chi connectivity index (χ0n) is 24.3. The van der Waals surface area contributed by atoms with Crippen LogP contribution in [0.2, 0.25) is 5.02 Å². The Morgan fingerprint density at radius 1 is 0.977 bits per heavy atom. The van der Waals surface area contributed by atoms with Crippen LogP contribution in [-0.2, 0) is 26.2 Å². The van der Waals surface area contributed by atoms with Crippen LogP contribution in [0.5, 0.6) is 11.5 Å². The van der Waals surface area contributed by atoms with Gasteiger partial charge < -0.3 is 19.7 Å². The maximum Gasteiger partial charge on any atom is 0.264 e. The lowest BCUT2D eigenvalue weighted by Crippen LogP contribution is -2.53. The maximum absolute atomic E-state index is 14.2. The molecule has 0 aliphatic carbocycles. The van der Waals surface area contributed by atoms with Crippen LogP contribution in [0.1, 0.15) is 39.2 Å². The maximum atomic E-state index is 14.2. The first-order valence-corrected chi connectivity index (χ1v) is 15.9. The van der Waals surface area contributed by atoms with E-state index in [1.807, 2.05) is 13.8 Å². The molecule has 43 heavy (non-hydrogen) atoms. The highest BCUT2D eigenvalue weighted by atomic mass is 35.5. The van der Waals surface area contributed by atoms with Gasteiger partial charge in [-0.3, -0.25) is 13.9 Å². The van der Waals surface area contributed by atoms with E-state index < -0.39 is 34.3 Å².